The molecule has 6 rings (SSSR count). The zero-order chi connectivity index (χ0) is 27.8. The molecule has 198 valence electrons. The third-order valence-corrected chi connectivity index (χ3v) is 6.58. The number of aryl methyl sites for hydroxylation is 1. The van der Waals surface area contributed by atoms with Crippen LogP contribution >= 0.6 is 0 Å². The average molecular weight is 533 g/mol. The number of benzene rings is 2. The van der Waals surface area contributed by atoms with Gasteiger partial charge in [-0.15, -0.1) is 4.52 Å². The Kier molecular flexibility index (Phi) is 6.15. The van der Waals surface area contributed by atoms with Crippen molar-refractivity contribution in [3.63, 3.8) is 0 Å². The highest BCUT2D eigenvalue weighted by molar-refractivity contribution is 6.03. The monoisotopic (exact) mass is 532 g/mol. The van der Waals surface area contributed by atoms with Gasteiger partial charge in [-0.3, -0.25) is 18.8 Å². The van der Waals surface area contributed by atoms with E-state index in [1.165, 1.54) is 4.57 Å². The summed E-state index contributed by atoms with van der Waals surface area (Å²) in [5, 5.41) is 10.7. The first-order valence-corrected chi connectivity index (χ1v) is 12.6. The van der Waals surface area contributed by atoms with Gasteiger partial charge in [0.05, 0.1) is 28.3 Å². The van der Waals surface area contributed by atoms with Gasteiger partial charge in [-0.2, -0.15) is 5.10 Å². The molecular weight excluding hydrogens is 506 g/mol. The molecule has 0 aliphatic carbocycles. The number of carbonyl (C=O) groups excluding carboxylic acids is 1. The predicted molar refractivity (Wildman–Crippen MR) is 152 cm³/mol. The molecule has 2 aromatic carbocycles. The molecule has 0 spiro atoms. The molecule has 0 fully saturated rings. The van der Waals surface area contributed by atoms with E-state index in [1.807, 2.05) is 73.9 Å². The second-order valence-corrected chi connectivity index (χ2v) is 9.34. The number of fused-ring (bicyclic) bond motifs is 2. The van der Waals surface area contributed by atoms with E-state index in [4.69, 9.17) is 10.7 Å². The average Bonchev–Trinajstić information content (AvgIpc) is 3.53. The predicted octanol–water partition coefficient (Wildman–Crippen LogP) is 2.82. The van der Waals surface area contributed by atoms with Crippen LogP contribution in [0, 0.1) is 0 Å². The third kappa shape index (κ3) is 4.39. The number of amides is 1. The second-order valence-electron chi connectivity index (χ2n) is 9.34. The van der Waals surface area contributed by atoms with Crippen molar-refractivity contribution >= 4 is 40.4 Å². The Morgan fingerprint density at radius 1 is 1.10 bits per heavy atom. The minimum Gasteiger partial charge on any atom is -0.382 e. The summed E-state index contributed by atoms with van der Waals surface area (Å²) in [6, 6.07) is 17.7. The molecule has 0 saturated carbocycles. The molecule has 0 radical (unpaired) electrons. The number of rotatable bonds is 6. The van der Waals surface area contributed by atoms with E-state index in [9.17, 15) is 9.59 Å². The molecule has 1 amide bonds. The number of nitrogens with one attached hydrogen (secondary N) is 2. The van der Waals surface area contributed by atoms with E-state index in [2.05, 4.69) is 20.5 Å². The van der Waals surface area contributed by atoms with Gasteiger partial charge >= 0.3 is 5.65 Å². The summed E-state index contributed by atoms with van der Waals surface area (Å²) < 4.78 is 4.83. The summed E-state index contributed by atoms with van der Waals surface area (Å²) in [5.41, 5.74) is 9.09. The van der Waals surface area contributed by atoms with Crippen molar-refractivity contribution < 1.29 is 9.31 Å². The van der Waals surface area contributed by atoms with Gasteiger partial charge in [0.25, 0.3) is 11.5 Å². The minimum atomic E-state index is -0.657. The van der Waals surface area contributed by atoms with E-state index < -0.39 is 11.9 Å². The number of anilines is 1. The number of nitrogen functional groups attached to an aromatic ring is 1. The van der Waals surface area contributed by atoms with Crippen LogP contribution in [-0.4, -0.2) is 35.3 Å². The van der Waals surface area contributed by atoms with Crippen LogP contribution < -0.4 is 21.1 Å². The highest BCUT2D eigenvalue weighted by Gasteiger charge is 2.27. The Bertz CT molecular complexity index is 1970. The number of aromatic nitrogens is 7. The van der Waals surface area contributed by atoms with Gasteiger partial charge in [-0.25, -0.2) is 10.1 Å². The number of para-hydroxylation sites is 1. The standard InChI is InChI=1S/C29H25N9O2/c1-18(32-28(39)24-25(30)35-37-16-7-15-31-27(24)37)26-33-22-11-6-8-19(12-13-20-14-17-36(2)34-20)23(22)29(40)38(26)21-9-4-3-5-10-21/h3-18H,1-2H3,(H3,30,32,35,39)/p+1. The van der Waals surface area contributed by atoms with Gasteiger partial charge < -0.3 is 11.1 Å². The van der Waals surface area contributed by atoms with Crippen LogP contribution in [0.25, 0.3) is 34.4 Å². The van der Waals surface area contributed by atoms with Crippen molar-refractivity contribution in [1.82, 2.24) is 34.7 Å². The Labute approximate surface area is 228 Å². The lowest BCUT2D eigenvalue weighted by molar-refractivity contribution is -0.577. The fourth-order valence-corrected chi connectivity index (χ4v) is 4.74. The Balaban J connectivity index is 1.46. The topological polar surface area (TPSA) is 141 Å². The molecule has 6 aromatic rings. The summed E-state index contributed by atoms with van der Waals surface area (Å²) in [7, 11) is 1.85. The number of carbonyl (C=O) groups is 1. The van der Waals surface area contributed by atoms with Crippen LogP contribution in [0.15, 0.2) is 84.0 Å². The van der Waals surface area contributed by atoms with E-state index in [-0.39, 0.29) is 16.9 Å². The Morgan fingerprint density at radius 2 is 1.93 bits per heavy atom. The first-order chi connectivity index (χ1) is 19.4. The summed E-state index contributed by atoms with van der Waals surface area (Å²) in [6.45, 7) is 1.78. The highest BCUT2D eigenvalue weighted by atomic mass is 16.2. The third-order valence-electron chi connectivity index (χ3n) is 6.58. The zero-order valence-corrected chi connectivity index (χ0v) is 21.8. The first kappa shape index (κ1) is 24.7. The van der Waals surface area contributed by atoms with Crippen LogP contribution in [0.3, 0.4) is 0 Å². The van der Waals surface area contributed by atoms with Crippen molar-refractivity contribution in [2.24, 2.45) is 7.05 Å². The van der Waals surface area contributed by atoms with E-state index in [1.54, 1.807) is 40.6 Å². The number of hydrogen-bond donors (Lipinski definition) is 3. The Morgan fingerprint density at radius 3 is 2.70 bits per heavy atom. The van der Waals surface area contributed by atoms with Crippen LogP contribution in [0.5, 0.6) is 0 Å². The number of aromatic amines is 1. The summed E-state index contributed by atoms with van der Waals surface area (Å²) in [5.74, 6) is 0.116. The lowest BCUT2D eigenvalue weighted by atomic mass is 10.1. The molecule has 40 heavy (non-hydrogen) atoms. The molecule has 4 N–H and O–H groups in total. The minimum absolute atomic E-state index is 0.180. The lowest BCUT2D eigenvalue weighted by Crippen LogP contribution is -2.34. The fraction of sp³-hybridized carbons (Fsp3) is 0.103. The van der Waals surface area contributed by atoms with Crippen LogP contribution in [0.2, 0.25) is 0 Å². The van der Waals surface area contributed by atoms with Crippen molar-refractivity contribution in [3.05, 3.63) is 112 Å². The molecule has 0 aliphatic rings. The molecule has 4 heterocycles. The van der Waals surface area contributed by atoms with Gasteiger partial charge in [0.2, 0.25) is 0 Å². The first-order valence-electron chi connectivity index (χ1n) is 12.6. The molecule has 0 bridgehead atoms. The van der Waals surface area contributed by atoms with Crippen molar-refractivity contribution in [2.45, 2.75) is 13.0 Å². The number of nitrogens with zero attached hydrogens (tertiary/aromatic N) is 6. The van der Waals surface area contributed by atoms with Crippen molar-refractivity contribution in [3.8, 4) is 5.69 Å². The SMILES string of the molecule is CC(NC(=O)c1c(N)[nH][n+]2cccnc12)c1nc2cccc(C=Cc3ccn(C)n3)c2c(=O)n1-c1ccccc1. The summed E-state index contributed by atoms with van der Waals surface area (Å²) in [4.78, 5) is 36.7. The zero-order valence-electron chi connectivity index (χ0n) is 21.8. The molecule has 1 atom stereocenters. The maximum atomic E-state index is 14.2. The molecule has 11 heteroatoms. The van der Waals surface area contributed by atoms with Crippen LogP contribution in [0.4, 0.5) is 5.82 Å². The van der Waals surface area contributed by atoms with Crippen LogP contribution in [0.1, 0.15) is 40.4 Å². The Hall–Kier alpha value is -5.58. The second kappa shape index (κ2) is 9.95. The van der Waals surface area contributed by atoms with E-state index in [0.29, 0.717) is 33.6 Å². The van der Waals surface area contributed by atoms with Gasteiger partial charge in [-0.05, 0) is 47.8 Å². The molecule has 0 saturated heterocycles. The molecule has 0 aliphatic heterocycles. The lowest BCUT2D eigenvalue weighted by Gasteiger charge is -2.20. The quantitative estimate of drug-likeness (QED) is 0.282. The van der Waals surface area contributed by atoms with Gasteiger partial charge in [0, 0.05) is 19.3 Å². The number of nitrogens with two attached hydrogens (primary N) is 1. The van der Waals surface area contributed by atoms with Crippen LogP contribution in [-0.2, 0) is 7.05 Å². The smallest absolute Gasteiger partial charge is 0.362 e. The number of H-pyrrole nitrogens is 1. The van der Waals surface area contributed by atoms with Gasteiger partial charge in [0.1, 0.15) is 18.2 Å². The normalized spacial score (nSPS) is 12.3. The van der Waals surface area contributed by atoms with E-state index >= 15 is 0 Å². The number of hydrogen-bond acceptors (Lipinski definition) is 6. The molecule has 1 unspecified atom stereocenters. The highest BCUT2D eigenvalue weighted by Crippen LogP contribution is 2.22. The maximum absolute atomic E-state index is 14.2. The van der Waals surface area contributed by atoms with Gasteiger partial charge in [-0.1, -0.05) is 36.4 Å². The molecule has 11 nitrogen and oxygen atoms in total. The molecule has 4 aromatic heterocycles. The molecular formula is C29H26N9O2+. The van der Waals surface area contributed by atoms with E-state index in [0.717, 1.165) is 5.69 Å². The fourth-order valence-electron chi connectivity index (χ4n) is 4.74. The van der Waals surface area contributed by atoms with Crippen molar-refractivity contribution in [1.29, 1.82) is 0 Å². The largest absolute Gasteiger partial charge is 0.382 e. The summed E-state index contributed by atoms with van der Waals surface area (Å²) in [6.07, 6.45) is 8.87. The summed E-state index contributed by atoms with van der Waals surface area (Å²) >= 11 is 0. The maximum Gasteiger partial charge on any atom is 0.362 e. The van der Waals surface area contributed by atoms with Crippen molar-refractivity contribution in [2.75, 3.05) is 5.73 Å². The van der Waals surface area contributed by atoms with Gasteiger partial charge in [0.15, 0.2) is 11.4 Å².